The number of hydrogen-bond donors (Lipinski definition) is 5. The van der Waals surface area contributed by atoms with Crippen LogP contribution >= 0.6 is 0 Å². The summed E-state index contributed by atoms with van der Waals surface area (Å²) in [6, 6.07) is 21.3. The number of carbonyl (C=O) groups excluding carboxylic acids is 3. The third-order valence-corrected chi connectivity index (χ3v) is 6.87. The molecule has 10 nitrogen and oxygen atoms in total. The van der Waals surface area contributed by atoms with Crippen molar-refractivity contribution in [1.82, 2.24) is 0 Å². The number of likely N-dealkylation sites (N-methyl/N-ethyl adjacent to an activating group) is 1. The molecule has 4 rings (SSSR count). The lowest BCUT2D eigenvalue weighted by Crippen LogP contribution is -2.55. The Bertz CT molecular complexity index is 1430. The number of ether oxygens (including phenoxy) is 1. The van der Waals surface area contributed by atoms with Crippen LogP contribution in [0.4, 0.5) is 17.1 Å². The summed E-state index contributed by atoms with van der Waals surface area (Å²) in [6.07, 6.45) is 0.0457. The Balaban J connectivity index is 1.68. The van der Waals surface area contributed by atoms with Crippen LogP contribution in [0, 0.1) is 0 Å². The van der Waals surface area contributed by atoms with Gasteiger partial charge < -0.3 is 36.2 Å². The highest BCUT2D eigenvalue weighted by molar-refractivity contribution is 6.37. The maximum absolute atomic E-state index is 13.2. The molecule has 0 spiro atoms. The average Bonchev–Trinajstić information content (AvgIpc) is 3.30. The van der Waals surface area contributed by atoms with E-state index in [1.807, 2.05) is 30.3 Å². The van der Waals surface area contributed by atoms with Crippen molar-refractivity contribution in [3.63, 3.8) is 0 Å². The second-order valence-corrected chi connectivity index (χ2v) is 9.46. The molecule has 10 heteroatoms. The van der Waals surface area contributed by atoms with Crippen molar-refractivity contribution in [2.75, 3.05) is 42.9 Å². The Morgan fingerprint density at radius 1 is 0.975 bits per heavy atom. The SMILES string of the molecule is COC(=O)c1ccc2c(c1)NC(=O)/C2=C(\Nc1ccc(N(C)C(=O)C(N)(CCO)CCO)cc1)c1ccccc1. The fourth-order valence-corrected chi connectivity index (χ4v) is 4.65. The number of carbonyl (C=O) groups is 3. The largest absolute Gasteiger partial charge is 0.465 e. The van der Waals surface area contributed by atoms with Crippen molar-refractivity contribution < 1.29 is 29.3 Å². The van der Waals surface area contributed by atoms with Crippen LogP contribution in [0.15, 0.2) is 72.8 Å². The summed E-state index contributed by atoms with van der Waals surface area (Å²) < 4.78 is 4.80. The zero-order chi connectivity index (χ0) is 28.9. The van der Waals surface area contributed by atoms with Crippen LogP contribution in [0.2, 0.25) is 0 Å². The number of benzene rings is 3. The number of amides is 2. The highest BCUT2D eigenvalue weighted by Crippen LogP contribution is 2.38. The second kappa shape index (κ2) is 12.1. The summed E-state index contributed by atoms with van der Waals surface area (Å²) in [5.41, 5.74) is 9.27. The van der Waals surface area contributed by atoms with Crippen LogP contribution in [0.5, 0.6) is 0 Å². The number of nitrogens with zero attached hydrogens (tertiary/aromatic N) is 1. The number of fused-ring (bicyclic) bond motifs is 1. The van der Waals surface area contributed by atoms with Gasteiger partial charge in [-0.1, -0.05) is 36.4 Å². The van der Waals surface area contributed by atoms with Gasteiger partial charge in [0.25, 0.3) is 5.91 Å². The normalized spacial score (nSPS) is 13.8. The Hall–Kier alpha value is -4.51. The first-order valence-electron chi connectivity index (χ1n) is 12.7. The molecule has 40 heavy (non-hydrogen) atoms. The highest BCUT2D eigenvalue weighted by atomic mass is 16.5. The third-order valence-electron chi connectivity index (χ3n) is 6.87. The number of aliphatic hydroxyl groups excluding tert-OH is 2. The molecule has 6 N–H and O–H groups in total. The third kappa shape index (κ3) is 5.74. The summed E-state index contributed by atoms with van der Waals surface area (Å²) in [5.74, 6) is -1.25. The van der Waals surface area contributed by atoms with Gasteiger partial charge >= 0.3 is 5.97 Å². The molecule has 0 bridgehead atoms. The first kappa shape index (κ1) is 28.5. The minimum Gasteiger partial charge on any atom is -0.465 e. The van der Waals surface area contributed by atoms with E-state index in [1.54, 1.807) is 49.5 Å². The molecule has 0 saturated heterocycles. The number of nitrogens with two attached hydrogens (primary N) is 1. The molecule has 208 valence electrons. The second-order valence-electron chi connectivity index (χ2n) is 9.46. The summed E-state index contributed by atoms with van der Waals surface area (Å²) in [7, 11) is 2.88. The number of esters is 1. The molecule has 0 saturated carbocycles. The number of nitrogens with one attached hydrogen (secondary N) is 2. The van der Waals surface area contributed by atoms with E-state index in [4.69, 9.17) is 10.5 Å². The molecule has 3 aromatic carbocycles. The molecular weight excluding hydrogens is 512 g/mol. The summed E-state index contributed by atoms with van der Waals surface area (Å²) in [4.78, 5) is 39.7. The monoisotopic (exact) mass is 544 g/mol. The van der Waals surface area contributed by atoms with Gasteiger partial charge in [-0.25, -0.2) is 4.79 Å². The molecule has 0 aromatic heterocycles. The fraction of sp³-hybridized carbons (Fsp3) is 0.233. The molecule has 0 fully saturated rings. The molecule has 0 atom stereocenters. The molecular formula is C30H32N4O6. The maximum Gasteiger partial charge on any atom is 0.337 e. The van der Waals surface area contributed by atoms with Crippen molar-refractivity contribution in [1.29, 1.82) is 0 Å². The molecule has 0 aliphatic carbocycles. The minimum atomic E-state index is -1.39. The number of aliphatic hydroxyl groups is 2. The Kier molecular flexibility index (Phi) is 8.64. The predicted octanol–water partition coefficient (Wildman–Crippen LogP) is 2.83. The molecule has 3 aromatic rings. The van der Waals surface area contributed by atoms with Gasteiger partial charge in [-0.05, 0) is 54.8 Å². The van der Waals surface area contributed by atoms with E-state index in [0.717, 1.165) is 5.56 Å². The van der Waals surface area contributed by atoms with Crippen molar-refractivity contribution in [2.45, 2.75) is 18.4 Å². The molecule has 1 aliphatic rings. The average molecular weight is 545 g/mol. The Morgan fingerprint density at radius 3 is 2.23 bits per heavy atom. The van der Waals surface area contributed by atoms with Crippen LogP contribution in [-0.4, -0.2) is 60.9 Å². The van der Waals surface area contributed by atoms with Gasteiger partial charge in [0, 0.05) is 37.2 Å². The zero-order valence-electron chi connectivity index (χ0n) is 22.3. The van der Waals surface area contributed by atoms with Crippen LogP contribution in [0.1, 0.15) is 34.3 Å². The quantitative estimate of drug-likeness (QED) is 0.193. The topological polar surface area (TPSA) is 154 Å². The number of rotatable bonds is 10. The van der Waals surface area contributed by atoms with Gasteiger partial charge in [-0.2, -0.15) is 0 Å². The van der Waals surface area contributed by atoms with Gasteiger partial charge in [0.15, 0.2) is 0 Å². The zero-order valence-corrected chi connectivity index (χ0v) is 22.3. The Labute approximate surface area is 232 Å². The Morgan fingerprint density at radius 2 is 1.62 bits per heavy atom. The van der Waals surface area contributed by atoms with Crippen LogP contribution in [-0.2, 0) is 14.3 Å². The van der Waals surface area contributed by atoms with Crippen molar-refractivity contribution in [3.8, 4) is 0 Å². The first-order valence-corrected chi connectivity index (χ1v) is 12.7. The molecule has 2 amide bonds. The molecule has 1 aliphatic heterocycles. The van der Waals surface area contributed by atoms with E-state index in [1.165, 1.54) is 12.0 Å². The van der Waals surface area contributed by atoms with Crippen LogP contribution in [0.25, 0.3) is 11.3 Å². The molecule has 0 unspecified atom stereocenters. The lowest BCUT2D eigenvalue weighted by atomic mass is 9.91. The lowest BCUT2D eigenvalue weighted by Gasteiger charge is -2.31. The van der Waals surface area contributed by atoms with Gasteiger partial charge in [-0.3, -0.25) is 9.59 Å². The van der Waals surface area contributed by atoms with Crippen molar-refractivity contribution >= 4 is 46.1 Å². The first-order chi connectivity index (χ1) is 19.2. The molecule has 1 heterocycles. The van der Waals surface area contributed by atoms with E-state index < -0.39 is 17.4 Å². The number of hydrogen-bond acceptors (Lipinski definition) is 8. The summed E-state index contributed by atoms with van der Waals surface area (Å²) in [6.45, 7) is -0.562. The minimum absolute atomic E-state index is 0.0229. The smallest absolute Gasteiger partial charge is 0.337 e. The standard InChI is InChI=1S/C30H32N4O6/c1-34(29(39)30(31,14-16-35)15-17-36)22-11-9-21(10-12-22)32-26(19-6-4-3-5-7-19)25-23-13-8-20(28(38)40-2)18-24(23)33-27(25)37/h3-13,18,32,35-36H,14-17,31H2,1-2H3,(H,33,37)/b26-25-. The van der Waals surface area contributed by atoms with E-state index >= 15 is 0 Å². The fourth-order valence-electron chi connectivity index (χ4n) is 4.65. The number of methoxy groups -OCH3 is 1. The van der Waals surface area contributed by atoms with Crippen LogP contribution in [0.3, 0.4) is 0 Å². The van der Waals surface area contributed by atoms with Gasteiger partial charge in [-0.15, -0.1) is 0 Å². The predicted molar refractivity (Wildman–Crippen MR) is 153 cm³/mol. The van der Waals surface area contributed by atoms with E-state index in [-0.39, 0.29) is 32.0 Å². The summed E-state index contributed by atoms with van der Waals surface area (Å²) >= 11 is 0. The number of anilines is 3. The lowest BCUT2D eigenvalue weighted by molar-refractivity contribution is -0.124. The van der Waals surface area contributed by atoms with Crippen molar-refractivity contribution in [2.24, 2.45) is 5.73 Å². The van der Waals surface area contributed by atoms with E-state index in [2.05, 4.69) is 10.6 Å². The van der Waals surface area contributed by atoms with Gasteiger partial charge in [0.05, 0.1) is 29.6 Å². The summed E-state index contributed by atoms with van der Waals surface area (Å²) in [5, 5.41) is 24.9. The van der Waals surface area contributed by atoms with E-state index in [0.29, 0.717) is 39.5 Å². The van der Waals surface area contributed by atoms with E-state index in [9.17, 15) is 24.6 Å². The maximum atomic E-state index is 13.2. The van der Waals surface area contributed by atoms with Crippen LogP contribution < -0.4 is 21.3 Å². The molecule has 0 radical (unpaired) electrons. The van der Waals surface area contributed by atoms with Gasteiger partial charge in [0.2, 0.25) is 5.91 Å². The van der Waals surface area contributed by atoms with Gasteiger partial charge in [0.1, 0.15) is 5.54 Å². The highest BCUT2D eigenvalue weighted by Gasteiger charge is 2.36. The van der Waals surface area contributed by atoms with Crippen molar-refractivity contribution in [3.05, 3.63) is 89.5 Å².